The van der Waals surface area contributed by atoms with Crippen LogP contribution in [0.5, 0.6) is 0 Å². The summed E-state index contributed by atoms with van der Waals surface area (Å²) in [6.07, 6.45) is 1.26. The van der Waals surface area contributed by atoms with Crippen LogP contribution in [0.4, 0.5) is 0 Å². The van der Waals surface area contributed by atoms with E-state index in [2.05, 4.69) is 13.2 Å². The number of hydrogen-bond donors (Lipinski definition) is 0. The quantitative estimate of drug-likeness (QED) is 0.298. The molecule has 0 saturated carbocycles. The zero-order valence-electron chi connectivity index (χ0n) is 4.35. The van der Waals surface area contributed by atoms with E-state index < -0.39 is 5.78 Å². The fourth-order valence-corrected chi connectivity index (χ4v) is 0.165. The molecule has 0 aromatic heterocycles. The van der Waals surface area contributed by atoms with Crippen molar-refractivity contribution in [2.45, 2.75) is 0 Å². The van der Waals surface area contributed by atoms with Gasteiger partial charge >= 0.3 is 0 Å². The van der Waals surface area contributed by atoms with Crippen molar-refractivity contribution >= 4 is 5.78 Å². The van der Waals surface area contributed by atoms with E-state index in [-0.39, 0.29) is 5.57 Å². The van der Waals surface area contributed by atoms with Crippen molar-refractivity contribution < 1.29 is 4.79 Å². The maximum Gasteiger partial charge on any atom is 0.261 e. The van der Waals surface area contributed by atoms with E-state index in [4.69, 9.17) is 5.26 Å². The summed E-state index contributed by atoms with van der Waals surface area (Å²) in [5.41, 5.74) is 0.146. The lowest BCUT2D eigenvalue weighted by atomic mass is 10.2. The number of rotatable bonds is 2. The molecule has 40 valence electrons. The van der Waals surface area contributed by atoms with Crippen molar-refractivity contribution in [2.24, 2.45) is 0 Å². The number of ketones is 1. The second kappa shape index (κ2) is 2.75. The lowest BCUT2D eigenvalue weighted by Gasteiger charge is -1.81. The van der Waals surface area contributed by atoms with Gasteiger partial charge in [0.05, 0.1) is 0 Å². The molecule has 0 aliphatic heterocycles. The van der Waals surface area contributed by atoms with Crippen molar-refractivity contribution in [3.05, 3.63) is 24.8 Å². The molecule has 0 aromatic carbocycles. The maximum absolute atomic E-state index is 10.2. The van der Waals surface area contributed by atoms with Crippen LogP contribution in [0.15, 0.2) is 24.8 Å². The molecule has 0 radical (unpaired) electrons. The van der Waals surface area contributed by atoms with Gasteiger partial charge in [0.15, 0.2) is 0 Å². The molecule has 0 aliphatic carbocycles. The van der Waals surface area contributed by atoms with Crippen LogP contribution in [0.25, 0.3) is 0 Å². The van der Waals surface area contributed by atoms with E-state index in [1.165, 1.54) is 12.1 Å². The summed E-state index contributed by atoms with van der Waals surface area (Å²) in [6.45, 7) is 6.51. The molecule has 0 unspecified atom stereocenters. The third kappa shape index (κ3) is 1.39. The summed E-state index contributed by atoms with van der Waals surface area (Å²) in [7, 11) is 0. The van der Waals surface area contributed by atoms with Gasteiger partial charge in [-0.1, -0.05) is 19.2 Å². The molecule has 8 heavy (non-hydrogen) atoms. The second-order valence-electron chi connectivity index (χ2n) is 1.17. The minimum atomic E-state index is -0.625. The van der Waals surface area contributed by atoms with Crippen LogP contribution in [0.3, 0.4) is 0 Å². The Morgan fingerprint density at radius 2 is 2.25 bits per heavy atom. The molecule has 0 aliphatic rings. The van der Waals surface area contributed by atoms with Crippen LogP contribution in [0, 0.1) is 11.3 Å². The van der Waals surface area contributed by atoms with Crippen molar-refractivity contribution in [2.75, 3.05) is 0 Å². The van der Waals surface area contributed by atoms with Crippen molar-refractivity contribution in [1.82, 2.24) is 0 Å². The lowest BCUT2D eigenvalue weighted by Crippen LogP contribution is -1.91. The molecule has 2 heteroatoms. The molecule has 0 saturated heterocycles. The lowest BCUT2D eigenvalue weighted by molar-refractivity contribution is -0.110. The fraction of sp³-hybridized carbons (Fsp3) is 0. The molecule has 0 spiro atoms. The Bertz CT molecular complexity index is 173. The summed E-state index contributed by atoms with van der Waals surface area (Å²) < 4.78 is 0. The Hall–Kier alpha value is -1.36. The predicted molar refractivity (Wildman–Crippen MR) is 30.0 cm³/mol. The number of nitriles is 1. The standard InChI is InChI=1S/C6H5NO/c1-3-5(2)6(8)4-7/h3H,1-2H2. The molecule has 0 atom stereocenters. The normalized spacial score (nSPS) is 6.88. The van der Waals surface area contributed by atoms with Crippen LogP contribution in [0.2, 0.25) is 0 Å². The minimum absolute atomic E-state index is 0.146. The van der Waals surface area contributed by atoms with Crippen LogP contribution in [-0.4, -0.2) is 5.78 Å². The molecular formula is C6H5NO. The second-order valence-corrected chi connectivity index (χ2v) is 1.17. The molecule has 0 aromatic rings. The topological polar surface area (TPSA) is 40.9 Å². The van der Waals surface area contributed by atoms with Gasteiger partial charge in [-0.2, -0.15) is 5.26 Å². The van der Waals surface area contributed by atoms with Gasteiger partial charge in [-0.3, -0.25) is 4.79 Å². The number of allylic oxidation sites excluding steroid dienone is 2. The maximum atomic E-state index is 10.2. The van der Waals surface area contributed by atoms with E-state index in [9.17, 15) is 4.79 Å². The molecule has 0 fully saturated rings. The Morgan fingerprint density at radius 1 is 1.75 bits per heavy atom. The average molecular weight is 107 g/mol. The highest BCUT2D eigenvalue weighted by Gasteiger charge is 1.97. The van der Waals surface area contributed by atoms with Gasteiger partial charge in [0.2, 0.25) is 0 Å². The Labute approximate surface area is 47.7 Å². The van der Waals surface area contributed by atoms with Gasteiger partial charge in [-0.25, -0.2) is 0 Å². The van der Waals surface area contributed by atoms with E-state index in [0.29, 0.717) is 0 Å². The zero-order chi connectivity index (χ0) is 6.57. The smallest absolute Gasteiger partial charge is 0.261 e. The number of carbonyl (C=O) groups excluding carboxylic acids is 1. The highest BCUT2D eigenvalue weighted by Crippen LogP contribution is 1.89. The molecule has 2 nitrogen and oxygen atoms in total. The Morgan fingerprint density at radius 3 is 2.38 bits per heavy atom. The fourth-order valence-electron chi connectivity index (χ4n) is 0.165. The number of carbonyl (C=O) groups is 1. The van der Waals surface area contributed by atoms with Gasteiger partial charge in [-0.15, -0.1) is 0 Å². The molecular weight excluding hydrogens is 102 g/mol. The monoisotopic (exact) mass is 107 g/mol. The van der Waals surface area contributed by atoms with Gasteiger partial charge in [0, 0.05) is 5.57 Å². The van der Waals surface area contributed by atoms with Gasteiger partial charge in [-0.05, 0) is 0 Å². The van der Waals surface area contributed by atoms with Crippen molar-refractivity contribution in [3.8, 4) is 6.07 Å². The Balaban J connectivity index is 4.09. The highest BCUT2D eigenvalue weighted by molar-refractivity contribution is 6.08. The zero-order valence-corrected chi connectivity index (χ0v) is 4.35. The van der Waals surface area contributed by atoms with Gasteiger partial charge < -0.3 is 0 Å². The summed E-state index contributed by atoms with van der Waals surface area (Å²) in [4.78, 5) is 10.2. The van der Waals surface area contributed by atoms with Crippen LogP contribution >= 0.6 is 0 Å². The van der Waals surface area contributed by atoms with E-state index >= 15 is 0 Å². The number of hydrogen-bond acceptors (Lipinski definition) is 2. The van der Waals surface area contributed by atoms with Crippen molar-refractivity contribution in [1.29, 1.82) is 5.26 Å². The van der Waals surface area contributed by atoms with Crippen LogP contribution < -0.4 is 0 Å². The third-order valence-corrected chi connectivity index (χ3v) is 0.640. The first kappa shape index (κ1) is 6.64. The highest BCUT2D eigenvalue weighted by atomic mass is 16.1. The summed E-state index contributed by atoms with van der Waals surface area (Å²) in [5.74, 6) is -0.625. The molecule has 0 N–H and O–H groups in total. The SMILES string of the molecule is C=CC(=C)C(=O)C#N. The first-order chi connectivity index (χ1) is 3.72. The number of nitrogens with zero attached hydrogens (tertiary/aromatic N) is 1. The summed E-state index contributed by atoms with van der Waals surface area (Å²) in [5, 5.41) is 7.93. The summed E-state index contributed by atoms with van der Waals surface area (Å²) in [6, 6.07) is 1.41. The van der Waals surface area contributed by atoms with Crippen LogP contribution in [0.1, 0.15) is 0 Å². The summed E-state index contributed by atoms with van der Waals surface area (Å²) >= 11 is 0. The predicted octanol–water partition coefficient (Wildman–Crippen LogP) is 0.821. The minimum Gasteiger partial charge on any atom is -0.277 e. The average Bonchev–Trinajstić information content (AvgIpc) is 1.84. The van der Waals surface area contributed by atoms with E-state index in [0.717, 1.165) is 0 Å². The van der Waals surface area contributed by atoms with E-state index in [1.807, 2.05) is 0 Å². The molecule has 0 amide bonds. The molecule has 0 bridgehead atoms. The third-order valence-electron chi connectivity index (χ3n) is 0.640. The Kier molecular flexibility index (Phi) is 2.29. The molecule has 0 rings (SSSR count). The largest absolute Gasteiger partial charge is 0.277 e. The number of Topliss-reactive ketones (excluding diaryl/α,β-unsaturated/α-hetero) is 1. The van der Waals surface area contributed by atoms with Gasteiger partial charge in [0.1, 0.15) is 6.07 Å². The van der Waals surface area contributed by atoms with E-state index in [1.54, 1.807) is 0 Å². The van der Waals surface area contributed by atoms with Crippen LogP contribution in [-0.2, 0) is 4.79 Å². The molecule has 0 heterocycles. The van der Waals surface area contributed by atoms with Gasteiger partial charge in [0.25, 0.3) is 5.78 Å². The van der Waals surface area contributed by atoms with Crippen molar-refractivity contribution in [3.63, 3.8) is 0 Å². The first-order valence-electron chi connectivity index (χ1n) is 1.98. The first-order valence-corrected chi connectivity index (χ1v) is 1.98.